The van der Waals surface area contributed by atoms with Crippen molar-refractivity contribution in [1.29, 1.82) is 0 Å². The van der Waals surface area contributed by atoms with Crippen LogP contribution in [0.4, 0.5) is 13.2 Å². The van der Waals surface area contributed by atoms with Gasteiger partial charge < -0.3 is 5.32 Å². The third kappa shape index (κ3) is 4.29. The van der Waals surface area contributed by atoms with Crippen molar-refractivity contribution in [2.24, 2.45) is 5.92 Å². The molecular formula is C18H23F3N2O. The Labute approximate surface area is 140 Å². The molecule has 3 nitrogen and oxygen atoms in total. The first-order valence-electron chi connectivity index (χ1n) is 8.61. The van der Waals surface area contributed by atoms with Crippen LogP contribution in [0.15, 0.2) is 24.3 Å². The number of amides is 1. The summed E-state index contributed by atoms with van der Waals surface area (Å²) >= 11 is 0. The minimum Gasteiger partial charge on any atom is -0.353 e. The number of piperidine rings is 1. The number of hydrogen-bond donors (Lipinski definition) is 1. The van der Waals surface area contributed by atoms with Crippen molar-refractivity contribution in [1.82, 2.24) is 10.2 Å². The molecule has 2 fully saturated rings. The lowest BCUT2D eigenvalue weighted by Gasteiger charge is -2.33. The molecule has 6 heteroatoms. The third-order valence-electron chi connectivity index (χ3n) is 5.07. The summed E-state index contributed by atoms with van der Waals surface area (Å²) in [4.78, 5) is 14.3. The Kier molecular flexibility index (Phi) is 5.13. The number of rotatable bonds is 4. The Bertz CT molecular complexity index is 576. The largest absolute Gasteiger partial charge is 0.416 e. The Balaban J connectivity index is 1.49. The first kappa shape index (κ1) is 17.3. The highest BCUT2D eigenvalue weighted by atomic mass is 19.4. The first-order chi connectivity index (χ1) is 11.4. The maximum absolute atomic E-state index is 12.8. The van der Waals surface area contributed by atoms with E-state index in [9.17, 15) is 18.0 Å². The number of halogens is 3. The lowest BCUT2D eigenvalue weighted by Crippen LogP contribution is -2.45. The molecular weight excluding hydrogens is 317 g/mol. The number of hydrogen-bond acceptors (Lipinski definition) is 2. The van der Waals surface area contributed by atoms with E-state index in [1.807, 2.05) is 0 Å². The molecule has 132 valence electrons. The predicted octanol–water partition coefficient (Wildman–Crippen LogP) is 3.59. The molecule has 1 aliphatic heterocycles. The quantitative estimate of drug-likeness (QED) is 0.908. The van der Waals surface area contributed by atoms with E-state index in [1.54, 1.807) is 6.07 Å². The van der Waals surface area contributed by atoms with Crippen molar-refractivity contribution in [3.8, 4) is 0 Å². The smallest absolute Gasteiger partial charge is 0.353 e. The summed E-state index contributed by atoms with van der Waals surface area (Å²) < 4.78 is 38.3. The summed E-state index contributed by atoms with van der Waals surface area (Å²) in [5.41, 5.74) is 0.0666. The zero-order valence-electron chi connectivity index (χ0n) is 13.6. The van der Waals surface area contributed by atoms with Crippen LogP contribution in [0, 0.1) is 5.92 Å². The van der Waals surface area contributed by atoms with Crippen molar-refractivity contribution < 1.29 is 18.0 Å². The molecule has 0 spiro atoms. The van der Waals surface area contributed by atoms with Gasteiger partial charge in [-0.2, -0.15) is 13.2 Å². The van der Waals surface area contributed by atoms with Gasteiger partial charge in [0.05, 0.1) is 5.56 Å². The van der Waals surface area contributed by atoms with Gasteiger partial charge in [-0.1, -0.05) is 18.2 Å². The van der Waals surface area contributed by atoms with Gasteiger partial charge >= 0.3 is 6.18 Å². The molecule has 1 aliphatic carbocycles. The summed E-state index contributed by atoms with van der Waals surface area (Å²) in [6.45, 7) is 2.00. The monoisotopic (exact) mass is 340 g/mol. The molecule has 24 heavy (non-hydrogen) atoms. The molecule has 2 aliphatic rings. The van der Waals surface area contributed by atoms with Crippen LogP contribution in [0.1, 0.15) is 43.2 Å². The Hall–Kier alpha value is -1.56. The maximum atomic E-state index is 12.8. The van der Waals surface area contributed by atoms with Crippen LogP contribution in [0.3, 0.4) is 0 Å². The fraction of sp³-hybridized carbons (Fsp3) is 0.611. The molecule has 1 saturated heterocycles. The topological polar surface area (TPSA) is 32.3 Å². The first-order valence-corrected chi connectivity index (χ1v) is 8.61. The number of alkyl halides is 3. The second-order valence-corrected chi connectivity index (χ2v) is 6.88. The zero-order chi connectivity index (χ0) is 17.2. The maximum Gasteiger partial charge on any atom is 0.416 e. The predicted molar refractivity (Wildman–Crippen MR) is 85.2 cm³/mol. The number of benzene rings is 1. The molecule has 1 saturated carbocycles. The van der Waals surface area contributed by atoms with Crippen LogP contribution < -0.4 is 5.32 Å². The number of likely N-dealkylation sites (tertiary alicyclic amines) is 1. The van der Waals surface area contributed by atoms with E-state index in [1.165, 1.54) is 18.6 Å². The summed E-state index contributed by atoms with van der Waals surface area (Å²) in [7, 11) is 0. The average molecular weight is 340 g/mol. The van der Waals surface area contributed by atoms with Gasteiger partial charge in [-0.05, 0) is 56.8 Å². The Morgan fingerprint density at radius 2 is 1.88 bits per heavy atom. The van der Waals surface area contributed by atoms with Gasteiger partial charge in [0.25, 0.3) is 0 Å². The highest BCUT2D eigenvalue weighted by molar-refractivity contribution is 5.79. The normalized spacial score (nSPS) is 20.6. The third-order valence-corrected chi connectivity index (χ3v) is 5.07. The molecule has 0 atom stereocenters. The van der Waals surface area contributed by atoms with E-state index >= 15 is 0 Å². The van der Waals surface area contributed by atoms with Crippen LogP contribution in [0.5, 0.6) is 0 Å². The summed E-state index contributed by atoms with van der Waals surface area (Å²) in [5, 5.41) is 3.09. The molecule has 0 bridgehead atoms. The lowest BCUT2D eigenvalue weighted by atomic mass is 9.90. The van der Waals surface area contributed by atoms with Gasteiger partial charge in [0.2, 0.25) is 5.91 Å². The van der Waals surface area contributed by atoms with E-state index in [0.29, 0.717) is 18.2 Å². The van der Waals surface area contributed by atoms with Crippen LogP contribution in [-0.4, -0.2) is 29.9 Å². The Morgan fingerprint density at radius 3 is 2.46 bits per heavy atom. The minimum absolute atomic E-state index is 0.0448. The fourth-order valence-corrected chi connectivity index (χ4v) is 3.33. The molecule has 3 rings (SSSR count). The van der Waals surface area contributed by atoms with Gasteiger partial charge in [0, 0.05) is 18.5 Å². The highest BCUT2D eigenvalue weighted by Crippen LogP contribution is 2.30. The number of carbonyl (C=O) groups excluding carboxylic acids is 1. The van der Waals surface area contributed by atoms with E-state index in [-0.39, 0.29) is 11.8 Å². The van der Waals surface area contributed by atoms with Crippen molar-refractivity contribution in [2.75, 3.05) is 13.1 Å². The number of nitrogens with one attached hydrogen (secondary N) is 1. The number of nitrogens with zero attached hydrogens (tertiary/aromatic N) is 1. The van der Waals surface area contributed by atoms with Crippen LogP contribution in [0.2, 0.25) is 0 Å². The van der Waals surface area contributed by atoms with Crippen LogP contribution in [-0.2, 0) is 17.5 Å². The SMILES string of the molecule is O=C(NC1CCC1)C1CCN(Cc2cccc(C(F)(F)F)c2)CC1. The lowest BCUT2D eigenvalue weighted by molar-refractivity contribution is -0.137. The van der Waals surface area contributed by atoms with Crippen molar-refractivity contribution in [2.45, 2.75) is 50.9 Å². The highest BCUT2D eigenvalue weighted by Gasteiger charge is 2.31. The molecule has 0 aromatic heterocycles. The van der Waals surface area contributed by atoms with Crippen molar-refractivity contribution in [3.63, 3.8) is 0 Å². The van der Waals surface area contributed by atoms with Gasteiger partial charge in [-0.3, -0.25) is 9.69 Å². The second-order valence-electron chi connectivity index (χ2n) is 6.88. The summed E-state index contributed by atoms with van der Waals surface area (Å²) in [6.07, 6.45) is 0.609. The van der Waals surface area contributed by atoms with Crippen LogP contribution >= 0.6 is 0 Å². The second kappa shape index (κ2) is 7.13. The summed E-state index contributed by atoms with van der Waals surface area (Å²) in [6, 6.07) is 5.86. The average Bonchev–Trinajstić information content (AvgIpc) is 2.51. The minimum atomic E-state index is -4.30. The van der Waals surface area contributed by atoms with Crippen molar-refractivity contribution in [3.05, 3.63) is 35.4 Å². The molecule has 1 heterocycles. The van der Waals surface area contributed by atoms with E-state index in [4.69, 9.17) is 0 Å². The molecule has 1 N–H and O–H groups in total. The van der Waals surface area contributed by atoms with Crippen LogP contribution in [0.25, 0.3) is 0 Å². The van der Waals surface area contributed by atoms with Gasteiger partial charge in [-0.15, -0.1) is 0 Å². The zero-order valence-corrected chi connectivity index (χ0v) is 13.6. The molecule has 1 aromatic rings. The van der Waals surface area contributed by atoms with E-state index < -0.39 is 11.7 Å². The Morgan fingerprint density at radius 1 is 1.17 bits per heavy atom. The van der Waals surface area contributed by atoms with E-state index in [2.05, 4.69) is 10.2 Å². The summed E-state index contributed by atoms with van der Waals surface area (Å²) in [5.74, 6) is 0.196. The fourth-order valence-electron chi connectivity index (χ4n) is 3.33. The van der Waals surface area contributed by atoms with Gasteiger partial charge in [-0.25, -0.2) is 0 Å². The molecule has 1 amide bonds. The standard InChI is InChI=1S/C18H23F3N2O/c19-18(20,21)15-4-1-3-13(11-15)12-23-9-7-14(8-10-23)17(24)22-16-5-2-6-16/h1,3-4,11,14,16H,2,5-10,12H2,(H,22,24). The van der Waals surface area contributed by atoms with Gasteiger partial charge in [0.1, 0.15) is 0 Å². The van der Waals surface area contributed by atoms with E-state index in [0.717, 1.165) is 44.8 Å². The van der Waals surface area contributed by atoms with Crippen molar-refractivity contribution >= 4 is 5.91 Å². The van der Waals surface area contributed by atoms with Gasteiger partial charge in [0.15, 0.2) is 0 Å². The molecule has 0 unspecified atom stereocenters. The molecule has 0 radical (unpaired) electrons. The molecule has 1 aromatic carbocycles. The number of carbonyl (C=O) groups is 1.